The van der Waals surface area contributed by atoms with Crippen LogP contribution >= 0.6 is 0 Å². The van der Waals surface area contributed by atoms with Crippen LogP contribution in [0.3, 0.4) is 0 Å². The van der Waals surface area contributed by atoms with Crippen molar-refractivity contribution in [2.75, 3.05) is 0 Å². The zero-order valence-electron chi connectivity index (χ0n) is 7.34. The molecule has 0 amide bonds. The summed E-state index contributed by atoms with van der Waals surface area (Å²) >= 11 is 0. The van der Waals surface area contributed by atoms with Gasteiger partial charge in [-0.3, -0.25) is 15.7 Å². The van der Waals surface area contributed by atoms with Gasteiger partial charge in [-0.15, -0.1) is 0 Å². The molecule has 0 bridgehead atoms. The molecule has 0 saturated heterocycles. The Morgan fingerprint density at radius 3 is 2.50 bits per heavy atom. The van der Waals surface area contributed by atoms with Crippen LogP contribution in [0.2, 0.25) is 0 Å². The predicted molar refractivity (Wildman–Crippen MR) is 47.4 cm³/mol. The van der Waals surface area contributed by atoms with E-state index in [0.29, 0.717) is 0 Å². The van der Waals surface area contributed by atoms with Crippen molar-refractivity contribution in [1.82, 2.24) is 5.48 Å². The minimum Gasteiger partial charge on any atom is -0.290 e. The molecule has 12 heavy (non-hydrogen) atoms. The fourth-order valence-electron chi connectivity index (χ4n) is 2.40. The van der Waals surface area contributed by atoms with Crippen molar-refractivity contribution in [2.24, 2.45) is 4.99 Å². The molecular formula is C9H16N2O. The standard InChI is InChI=1S/C9H16N2O/c12-11-8-4-7-9(10-8)5-2-1-3-6-9/h12H,1-7H2,(H,10,11). The van der Waals surface area contributed by atoms with Crippen LogP contribution in [0.15, 0.2) is 4.99 Å². The maximum absolute atomic E-state index is 8.70. The molecule has 68 valence electrons. The SMILES string of the molecule is ONC1=NC2(CCCCC2)CC1. The number of hydrogen-bond acceptors (Lipinski definition) is 3. The highest BCUT2D eigenvalue weighted by Crippen LogP contribution is 2.38. The van der Waals surface area contributed by atoms with Gasteiger partial charge in [-0.2, -0.15) is 0 Å². The van der Waals surface area contributed by atoms with E-state index in [0.717, 1.165) is 18.7 Å². The lowest BCUT2D eigenvalue weighted by Gasteiger charge is -2.29. The second-order valence-corrected chi connectivity index (χ2v) is 3.96. The van der Waals surface area contributed by atoms with Crippen LogP contribution in [0.5, 0.6) is 0 Å². The zero-order chi connectivity index (χ0) is 8.44. The van der Waals surface area contributed by atoms with Crippen LogP contribution in [0.4, 0.5) is 0 Å². The van der Waals surface area contributed by atoms with Crippen LogP contribution in [0.25, 0.3) is 0 Å². The third-order valence-electron chi connectivity index (χ3n) is 3.11. The molecule has 1 heterocycles. The first-order valence-corrected chi connectivity index (χ1v) is 4.84. The van der Waals surface area contributed by atoms with Crippen molar-refractivity contribution in [2.45, 2.75) is 50.5 Å². The Hall–Kier alpha value is -0.570. The van der Waals surface area contributed by atoms with Gasteiger partial charge in [0.25, 0.3) is 0 Å². The van der Waals surface area contributed by atoms with E-state index in [1.807, 2.05) is 0 Å². The van der Waals surface area contributed by atoms with E-state index in [2.05, 4.69) is 10.5 Å². The van der Waals surface area contributed by atoms with Gasteiger partial charge in [0, 0.05) is 6.42 Å². The minimum absolute atomic E-state index is 0.212. The highest BCUT2D eigenvalue weighted by Gasteiger charge is 2.35. The van der Waals surface area contributed by atoms with Crippen molar-refractivity contribution in [1.29, 1.82) is 0 Å². The summed E-state index contributed by atoms with van der Waals surface area (Å²) < 4.78 is 0. The van der Waals surface area contributed by atoms with Crippen LogP contribution in [0.1, 0.15) is 44.9 Å². The molecule has 2 N–H and O–H groups in total. The van der Waals surface area contributed by atoms with Gasteiger partial charge < -0.3 is 0 Å². The van der Waals surface area contributed by atoms with Crippen LogP contribution in [-0.2, 0) is 0 Å². The third kappa shape index (κ3) is 1.33. The molecular weight excluding hydrogens is 152 g/mol. The molecule has 2 rings (SSSR count). The van der Waals surface area contributed by atoms with Crippen LogP contribution in [0, 0.1) is 0 Å². The Labute approximate surface area is 72.8 Å². The third-order valence-corrected chi connectivity index (χ3v) is 3.11. The maximum atomic E-state index is 8.70. The molecule has 1 fully saturated rings. The van der Waals surface area contributed by atoms with Gasteiger partial charge in [0.2, 0.25) is 0 Å². The summed E-state index contributed by atoms with van der Waals surface area (Å²) in [5.41, 5.74) is 2.40. The fourth-order valence-corrected chi connectivity index (χ4v) is 2.40. The second kappa shape index (κ2) is 3.05. The molecule has 1 saturated carbocycles. The van der Waals surface area contributed by atoms with E-state index in [1.54, 1.807) is 0 Å². The Kier molecular flexibility index (Phi) is 2.05. The van der Waals surface area contributed by atoms with Gasteiger partial charge in [0.15, 0.2) is 0 Å². The predicted octanol–water partition coefficient (Wildman–Crippen LogP) is 1.86. The molecule has 1 aliphatic heterocycles. The highest BCUT2D eigenvalue weighted by atomic mass is 16.5. The number of amidine groups is 1. The van der Waals surface area contributed by atoms with E-state index in [9.17, 15) is 0 Å². The molecule has 1 spiro atoms. The van der Waals surface area contributed by atoms with Gasteiger partial charge in [0.05, 0.1) is 5.54 Å². The molecule has 0 aromatic carbocycles. The minimum atomic E-state index is 0.212. The summed E-state index contributed by atoms with van der Waals surface area (Å²) in [4.78, 5) is 4.55. The summed E-state index contributed by atoms with van der Waals surface area (Å²) in [6, 6.07) is 0. The summed E-state index contributed by atoms with van der Waals surface area (Å²) in [5, 5.41) is 8.70. The van der Waals surface area contributed by atoms with Crippen molar-refractivity contribution >= 4 is 5.84 Å². The Bertz CT molecular complexity index is 195. The Balaban J connectivity index is 2.06. The number of hydrogen-bond donors (Lipinski definition) is 2. The molecule has 0 unspecified atom stereocenters. The normalized spacial score (nSPS) is 27.2. The van der Waals surface area contributed by atoms with Gasteiger partial charge in [-0.1, -0.05) is 19.3 Å². The lowest BCUT2D eigenvalue weighted by atomic mass is 9.81. The summed E-state index contributed by atoms with van der Waals surface area (Å²) in [6.45, 7) is 0. The average Bonchev–Trinajstić information content (AvgIpc) is 2.50. The van der Waals surface area contributed by atoms with E-state index in [4.69, 9.17) is 5.21 Å². The van der Waals surface area contributed by atoms with E-state index < -0.39 is 0 Å². The average molecular weight is 168 g/mol. The van der Waals surface area contributed by atoms with Crippen LogP contribution in [-0.4, -0.2) is 16.6 Å². The molecule has 3 heteroatoms. The first kappa shape index (κ1) is 8.05. The van der Waals surface area contributed by atoms with Gasteiger partial charge in [-0.25, -0.2) is 0 Å². The topological polar surface area (TPSA) is 44.6 Å². The molecule has 0 aromatic heterocycles. The van der Waals surface area contributed by atoms with E-state index in [1.165, 1.54) is 32.1 Å². The second-order valence-electron chi connectivity index (χ2n) is 3.96. The monoisotopic (exact) mass is 168 g/mol. The number of aliphatic imine (C=N–C) groups is 1. The quantitative estimate of drug-likeness (QED) is 0.542. The van der Waals surface area contributed by atoms with Gasteiger partial charge in [0.1, 0.15) is 5.84 Å². The zero-order valence-corrected chi connectivity index (χ0v) is 7.34. The summed E-state index contributed by atoms with van der Waals surface area (Å²) in [5.74, 6) is 0.789. The maximum Gasteiger partial charge on any atom is 0.121 e. The van der Waals surface area contributed by atoms with Crippen molar-refractivity contribution < 1.29 is 5.21 Å². The number of nitrogens with zero attached hydrogens (tertiary/aromatic N) is 1. The molecule has 0 radical (unpaired) electrons. The van der Waals surface area contributed by atoms with Gasteiger partial charge in [-0.05, 0) is 19.3 Å². The van der Waals surface area contributed by atoms with Crippen molar-refractivity contribution in [3.05, 3.63) is 0 Å². The summed E-state index contributed by atoms with van der Waals surface area (Å²) in [7, 11) is 0. The van der Waals surface area contributed by atoms with Gasteiger partial charge >= 0.3 is 0 Å². The van der Waals surface area contributed by atoms with E-state index >= 15 is 0 Å². The highest BCUT2D eigenvalue weighted by molar-refractivity contribution is 5.83. The first-order valence-electron chi connectivity index (χ1n) is 4.84. The largest absolute Gasteiger partial charge is 0.290 e. The number of rotatable bonds is 0. The van der Waals surface area contributed by atoms with E-state index in [-0.39, 0.29) is 5.54 Å². The smallest absolute Gasteiger partial charge is 0.121 e. The van der Waals surface area contributed by atoms with Crippen LogP contribution < -0.4 is 5.48 Å². The van der Waals surface area contributed by atoms with Crippen molar-refractivity contribution in [3.63, 3.8) is 0 Å². The molecule has 3 nitrogen and oxygen atoms in total. The summed E-state index contributed by atoms with van der Waals surface area (Å²) in [6.07, 6.45) is 8.48. The molecule has 2 aliphatic rings. The Morgan fingerprint density at radius 1 is 1.17 bits per heavy atom. The molecule has 0 atom stereocenters. The fraction of sp³-hybridized carbons (Fsp3) is 0.889. The molecule has 1 aliphatic carbocycles. The van der Waals surface area contributed by atoms with Crippen molar-refractivity contribution in [3.8, 4) is 0 Å². The lowest BCUT2D eigenvalue weighted by Crippen LogP contribution is -2.26. The Morgan fingerprint density at radius 2 is 1.92 bits per heavy atom. The number of hydroxylamine groups is 1. The number of nitrogens with one attached hydrogen (secondary N) is 1. The molecule has 0 aromatic rings. The lowest BCUT2D eigenvalue weighted by molar-refractivity contribution is 0.232. The first-order chi connectivity index (χ1) is 5.85.